The molecule has 2 aromatic carbocycles. The molecule has 2 aromatic rings. The lowest BCUT2D eigenvalue weighted by Gasteiger charge is -2.10. The number of benzene rings is 2. The number of primary amides is 1. The van der Waals surface area contributed by atoms with E-state index < -0.39 is 5.91 Å². The van der Waals surface area contributed by atoms with E-state index in [9.17, 15) is 4.79 Å². The van der Waals surface area contributed by atoms with E-state index in [1.807, 2.05) is 0 Å². The number of nitrogen functional groups attached to an aromatic ring is 1. The summed E-state index contributed by atoms with van der Waals surface area (Å²) in [6.07, 6.45) is 0. The molecular weight excluding hydrogens is 287 g/mol. The highest BCUT2D eigenvalue weighted by Crippen LogP contribution is 2.31. The third kappa shape index (κ3) is 3.10. The van der Waals surface area contributed by atoms with Gasteiger partial charge >= 0.3 is 0 Å². The van der Waals surface area contributed by atoms with E-state index in [0.717, 1.165) is 0 Å². The molecule has 1 amide bonds. The quantitative estimate of drug-likeness (QED) is 0.851. The van der Waals surface area contributed by atoms with Gasteiger partial charge in [-0.2, -0.15) is 0 Å². The van der Waals surface area contributed by atoms with Gasteiger partial charge in [0.2, 0.25) is 0 Å². The standard InChI is InChI=1S/C13H10Cl2N2O2/c14-10-3-2-8(6-11(10)15)19-12-4-1-7(16)5-9(12)13(17)18/h1-6H,16H2,(H2,17,18). The SMILES string of the molecule is NC(=O)c1cc(N)ccc1Oc1ccc(Cl)c(Cl)c1. The van der Waals surface area contributed by atoms with Gasteiger partial charge in [0.15, 0.2) is 0 Å². The summed E-state index contributed by atoms with van der Waals surface area (Å²) in [6.45, 7) is 0. The number of carbonyl (C=O) groups is 1. The molecule has 6 heteroatoms. The molecule has 0 radical (unpaired) electrons. The molecule has 0 spiro atoms. The van der Waals surface area contributed by atoms with Gasteiger partial charge in [-0.25, -0.2) is 0 Å². The van der Waals surface area contributed by atoms with Crippen LogP contribution in [0.15, 0.2) is 36.4 Å². The number of ether oxygens (including phenoxy) is 1. The molecule has 0 aliphatic carbocycles. The number of carbonyl (C=O) groups excluding carboxylic acids is 1. The van der Waals surface area contributed by atoms with Crippen LogP contribution in [0.3, 0.4) is 0 Å². The third-order valence-corrected chi connectivity index (χ3v) is 3.13. The second-order valence-electron chi connectivity index (χ2n) is 3.80. The average Bonchev–Trinajstić information content (AvgIpc) is 2.36. The van der Waals surface area contributed by atoms with E-state index in [-0.39, 0.29) is 5.56 Å². The summed E-state index contributed by atoms with van der Waals surface area (Å²) < 4.78 is 5.56. The summed E-state index contributed by atoms with van der Waals surface area (Å²) in [5.41, 5.74) is 11.5. The van der Waals surface area contributed by atoms with Crippen molar-refractivity contribution in [3.63, 3.8) is 0 Å². The topological polar surface area (TPSA) is 78.3 Å². The van der Waals surface area contributed by atoms with Crippen molar-refractivity contribution in [2.75, 3.05) is 5.73 Å². The Morgan fingerprint density at radius 2 is 1.79 bits per heavy atom. The normalized spacial score (nSPS) is 10.2. The summed E-state index contributed by atoms with van der Waals surface area (Å²) in [5, 5.41) is 0.775. The molecule has 0 aliphatic rings. The molecule has 0 saturated carbocycles. The van der Waals surface area contributed by atoms with Gasteiger partial charge in [0.25, 0.3) is 5.91 Å². The first-order chi connectivity index (χ1) is 8.97. The molecule has 0 fully saturated rings. The number of halogens is 2. The predicted octanol–water partition coefficient (Wildman–Crippen LogP) is 3.47. The zero-order valence-electron chi connectivity index (χ0n) is 9.69. The van der Waals surface area contributed by atoms with E-state index in [1.54, 1.807) is 30.3 Å². The van der Waals surface area contributed by atoms with Gasteiger partial charge in [0, 0.05) is 11.8 Å². The highest BCUT2D eigenvalue weighted by molar-refractivity contribution is 6.42. The second kappa shape index (κ2) is 5.38. The van der Waals surface area contributed by atoms with Gasteiger partial charge in [-0.05, 0) is 30.3 Å². The maximum absolute atomic E-state index is 11.3. The fraction of sp³-hybridized carbons (Fsp3) is 0. The zero-order chi connectivity index (χ0) is 14.0. The van der Waals surface area contributed by atoms with Crippen molar-refractivity contribution in [1.82, 2.24) is 0 Å². The maximum Gasteiger partial charge on any atom is 0.252 e. The Morgan fingerprint density at radius 1 is 1.05 bits per heavy atom. The third-order valence-electron chi connectivity index (χ3n) is 2.39. The predicted molar refractivity (Wildman–Crippen MR) is 75.9 cm³/mol. The van der Waals surface area contributed by atoms with Crippen molar-refractivity contribution in [1.29, 1.82) is 0 Å². The van der Waals surface area contributed by atoms with Gasteiger partial charge in [-0.1, -0.05) is 23.2 Å². The van der Waals surface area contributed by atoms with Crippen LogP contribution >= 0.6 is 23.2 Å². The van der Waals surface area contributed by atoms with Crippen molar-refractivity contribution in [2.45, 2.75) is 0 Å². The van der Waals surface area contributed by atoms with Gasteiger partial charge in [-0.15, -0.1) is 0 Å². The molecule has 0 atom stereocenters. The van der Waals surface area contributed by atoms with Crippen LogP contribution in [0, 0.1) is 0 Å². The first-order valence-electron chi connectivity index (χ1n) is 5.29. The average molecular weight is 297 g/mol. The molecule has 0 aromatic heterocycles. The van der Waals surface area contributed by atoms with Crippen molar-refractivity contribution >= 4 is 34.8 Å². The molecule has 0 heterocycles. The Balaban J connectivity index is 2.37. The molecule has 98 valence electrons. The number of hydrogen-bond donors (Lipinski definition) is 2. The second-order valence-corrected chi connectivity index (χ2v) is 4.61. The van der Waals surface area contributed by atoms with E-state index in [4.69, 9.17) is 39.4 Å². The Hall–Kier alpha value is -1.91. The van der Waals surface area contributed by atoms with Crippen molar-refractivity contribution in [2.24, 2.45) is 5.73 Å². The maximum atomic E-state index is 11.3. The van der Waals surface area contributed by atoms with Crippen LogP contribution in [0.5, 0.6) is 11.5 Å². The van der Waals surface area contributed by atoms with Crippen LogP contribution in [-0.4, -0.2) is 5.91 Å². The number of amides is 1. The minimum Gasteiger partial charge on any atom is -0.456 e. The lowest BCUT2D eigenvalue weighted by molar-refractivity contribution is 0.0998. The minimum atomic E-state index is -0.623. The van der Waals surface area contributed by atoms with Crippen LogP contribution in [-0.2, 0) is 0 Å². The lowest BCUT2D eigenvalue weighted by Crippen LogP contribution is -2.12. The largest absolute Gasteiger partial charge is 0.456 e. The van der Waals surface area contributed by atoms with Gasteiger partial charge < -0.3 is 16.2 Å². The lowest BCUT2D eigenvalue weighted by atomic mass is 10.1. The smallest absolute Gasteiger partial charge is 0.252 e. The fourth-order valence-electron chi connectivity index (χ4n) is 1.50. The van der Waals surface area contributed by atoms with Crippen LogP contribution in [0.25, 0.3) is 0 Å². The van der Waals surface area contributed by atoms with Crippen LogP contribution in [0.4, 0.5) is 5.69 Å². The minimum absolute atomic E-state index is 0.200. The van der Waals surface area contributed by atoms with Crippen LogP contribution in [0.1, 0.15) is 10.4 Å². The van der Waals surface area contributed by atoms with Crippen molar-refractivity contribution < 1.29 is 9.53 Å². The van der Waals surface area contributed by atoms with E-state index in [2.05, 4.69) is 0 Å². The first-order valence-corrected chi connectivity index (χ1v) is 6.05. The van der Waals surface area contributed by atoms with Crippen LogP contribution in [0.2, 0.25) is 10.0 Å². The summed E-state index contributed by atoms with van der Waals surface area (Å²) in [5.74, 6) is 0.129. The van der Waals surface area contributed by atoms with E-state index >= 15 is 0 Å². The van der Waals surface area contributed by atoms with E-state index in [1.165, 1.54) is 6.07 Å². The molecule has 19 heavy (non-hydrogen) atoms. The van der Waals surface area contributed by atoms with Gasteiger partial charge in [-0.3, -0.25) is 4.79 Å². The summed E-state index contributed by atoms with van der Waals surface area (Å²) in [7, 11) is 0. The summed E-state index contributed by atoms with van der Waals surface area (Å²) in [4.78, 5) is 11.3. The monoisotopic (exact) mass is 296 g/mol. The number of anilines is 1. The fourth-order valence-corrected chi connectivity index (χ4v) is 1.78. The number of nitrogens with two attached hydrogens (primary N) is 2. The van der Waals surface area contributed by atoms with Gasteiger partial charge in [0.05, 0.1) is 15.6 Å². The zero-order valence-corrected chi connectivity index (χ0v) is 11.2. The Bertz CT molecular complexity index is 645. The molecular formula is C13H10Cl2N2O2. The molecule has 2 rings (SSSR count). The molecule has 0 unspecified atom stereocenters. The van der Waals surface area contributed by atoms with Crippen molar-refractivity contribution in [3.8, 4) is 11.5 Å². The Labute approximate surface area is 119 Å². The van der Waals surface area contributed by atoms with Crippen molar-refractivity contribution in [3.05, 3.63) is 52.0 Å². The Kier molecular flexibility index (Phi) is 3.83. The molecule has 4 nitrogen and oxygen atoms in total. The highest BCUT2D eigenvalue weighted by atomic mass is 35.5. The summed E-state index contributed by atoms with van der Waals surface area (Å²) >= 11 is 11.7. The summed E-state index contributed by atoms with van der Waals surface area (Å²) in [6, 6.07) is 9.41. The highest BCUT2D eigenvalue weighted by Gasteiger charge is 2.11. The Morgan fingerprint density at radius 3 is 2.42 bits per heavy atom. The number of hydrogen-bond acceptors (Lipinski definition) is 3. The molecule has 0 saturated heterocycles. The van der Waals surface area contributed by atoms with E-state index in [0.29, 0.717) is 27.2 Å². The molecule has 4 N–H and O–H groups in total. The molecule has 0 bridgehead atoms. The van der Waals surface area contributed by atoms with Crippen LogP contribution < -0.4 is 16.2 Å². The molecule has 0 aliphatic heterocycles. The van der Waals surface area contributed by atoms with Gasteiger partial charge in [0.1, 0.15) is 11.5 Å². The number of rotatable bonds is 3. The first kappa shape index (κ1) is 13.5.